The van der Waals surface area contributed by atoms with Crippen LogP contribution in [-0.2, 0) is 0 Å². The summed E-state index contributed by atoms with van der Waals surface area (Å²) in [5.74, 6) is -0.343. The van der Waals surface area contributed by atoms with Gasteiger partial charge in [0.25, 0.3) is 5.88 Å². The van der Waals surface area contributed by atoms with Gasteiger partial charge in [-0.2, -0.15) is 4.98 Å². The number of rotatable bonds is 4. The van der Waals surface area contributed by atoms with Crippen LogP contribution in [0.2, 0.25) is 0 Å². The fourth-order valence-corrected chi connectivity index (χ4v) is 1.59. The summed E-state index contributed by atoms with van der Waals surface area (Å²) < 4.78 is 5.50. The van der Waals surface area contributed by atoms with Crippen LogP contribution in [-0.4, -0.2) is 14.9 Å². The smallest absolute Gasteiger partial charge is 0.372 e. The van der Waals surface area contributed by atoms with Crippen LogP contribution in [0.25, 0.3) is 0 Å². The highest BCUT2D eigenvalue weighted by Crippen LogP contribution is 2.31. The molecule has 98 valence electrons. The molecule has 0 aliphatic rings. The number of aromatic nitrogens is 2. The van der Waals surface area contributed by atoms with Gasteiger partial charge in [-0.3, -0.25) is 10.1 Å². The van der Waals surface area contributed by atoms with Gasteiger partial charge in [-0.25, -0.2) is 4.98 Å². The standard InChI is InChI=1S/C12H12N4O3/c1-8(9-5-3-2-4-6-9)19-12-10(16(17)18)11(13)14-7-15-12/h2-8H,1H3,(H2,13,14,15). The Bertz CT molecular complexity index is 589. The second-order valence-corrected chi connectivity index (χ2v) is 3.84. The SMILES string of the molecule is CC(Oc1ncnc(N)c1[N+](=O)[O-])c1ccccc1. The van der Waals surface area contributed by atoms with E-state index in [2.05, 4.69) is 9.97 Å². The Hall–Kier alpha value is -2.70. The molecule has 1 unspecified atom stereocenters. The summed E-state index contributed by atoms with van der Waals surface area (Å²) in [7, 11) is 0. The first kappa shape index (κ1) is 12.7. The summed E-state index contributed by atoms with van der Waals surface area (Å²) in [6.07, 6.45) is 0.754. The summed E-state index contributed by atoms with van der Waals surface area (Å²) in [4.78, 5) is 17.6. The minimum atomic E-state index is -0.650. The highest BCUT2D eigenvalue weighted by molar-refractivity contribution is 5.58. The van der Waals surface area contributed by atoms with Crippen molar-refractivity contribution in [2.45, 2.75) is 13.0 Å². The number of anilines is 1. The van der Waals surface area contributed by atoms with Gasteiger partial charge in [-0.1, -0.05) is 30.3 Å². The second-order valence-electron chi connectivity index (χ2n) is 3.84. The molecule has 2 aromatic rings. The Morgan fingerprint density at radius 2 is 2.00 bits per heavy atom. The Morgan fingerprint density at radius 3 is 2.63 bits per heavy atom. The minimum absolute atomic E-state index is 0.131. The van der Waals surface area contributed by atoms with Crippen molar-refractivity contribution < 1.29 is 9.66 Å². The van der Waals surface area contributed by atoms with Crippen molar-refractivity contribution in [3.05, 3.63) is 52.3 Å². The van der Waals surface area contributed by atoms with Crippen LogP contribution in [0.1, 0.15) is 18.6 Å². The number of hydrogen-bond donors (Lipinski definition) is 1. The normalized spacial score (nSPS) is 11.8. The summed E-state index contributed by atoms with van der Waals surface area (Å²) >= 11 is 0. The molecular formula is C12H12N4O3. The average Bonchev–Trinajstić information content (AvgIpc) is 2.39. The lowest BCUT2D eigenvalue weighted by molar-refractivity contribution is -0.385. The highest BCUT2D eigenvalue weighted by Gasteiger charge is 2.24. The van der Waals surface area contributed by atoms with Crippen LogP contribution in [0.4, 0.5) is 11.5 Å². The molecule has 0 saturated heterocycles. The lowest BCUT2D eigenvalue weighted by atomic mass is 10.1. The molecule has 0 bridgehead atoms. The number of benzene rings is 1. The lowest BCUT2D eigenvalue weighted by Crippen LogP contribution is -2.08. The molecule has 1 aromatic heterocycles. The molecule has 1 aromatic carbocycles. The topological polar surface area (TPSA) is 104 Å². The van der Waals surface area contributed by atoms with Crippen molar-refractivity contribution in [2.75, 3.05) is 5.73 Å². The number of nitrogens with zero attached hydrogens (tertiary/aromatic N) is 3. The lowest BCUT2D eigenvalue weighted by Gasteiger charge is -2.14. The van der Waals surface area contributed by atoms with Gasteiger partial charge in [0.15, 0.2) is 0 Å². The molecule has 0 radical (unpaired) electrons. The fourth-order valence-electron chi connectivity index (χ4n) is 1.59. The van der Waals surface area contributed by atoms with E-state index in [1.807, 2.05) is 30.3 Å². The molecule has 0 amide bonds. The number of nitrogen functional groups attached to an aromatic ring is 1. The Kier molecular flexibility index (Phi) is 3.56. The Labute approximate surface area is 109 Å². The van der Waals surface area contributed by atoms with Crippen molar-refractivity contribution >= 4 is 11.5 Å². The fraction of sp³-hybridized carbons (Fsp3) is 0.167. The van der Waals surface area contributed by atoms with E-state index in [-0.39, 0.29) is 17.8 Å². The molecule has 2 N–H and O–H groups in total. The average molecular weight is 260 g/mol. The predicted molar refractivity (Wildman–Crippen MR) is 68.6 cm³/mol. The van der Waals surface area contributed by atoms with Crippen molar-refractivity contribution in [1.29, 1.82) is 0 Å². The van der Waals surface area contributed by atoms with E-state index in [1.54, 1.807) is 6.92 Å². The molecule has 7 nitrogen and oxygen atoms in total. The van der Waals surface area contributed by atoms with Crippen LogP contribution in [0.3, 0.4) is 0 Å². The van der Waals surface area contributed by atoms with Gasteiger partial charge in [0, 0.05) is 0 Å². The van der Waals surface area contributed by atoms with Gasteiger partial charge in [-0.15, -0.1) is 0 Å². The van der Waals surface area contributed by atoms with Crippen molar-refractivity contribution in [2.24, 2.45) is 0 Å². The molecular weight excluding hydrogens is 248 g/mol. The van der Waals surface area contributed by atoms with E-state index in [9.17, 15) is 10.1 Å². The van der Waals surface area contributed by atoms with Crippen molar-refractivity contribution in [3.8, 4) is 5.88 Å². The summed E-state index contributed by atoms with van der Waals surface area (Å²) in [6.45, 7) is 1.78. The Morgan fingerprint density at radius 1 is 1.32 bits per heavy atom. The van der Waals surface area contributed by atoms with Crippen LogP contribution in [0.15, 0.2) is 36.7 Å². The van der Waals surface area contributed by atoms with E-state index in [1.165, 1.54) is 0 Å². The zero-order valence-corrected chi connectivity index (χ0v) is 10.2. The third-order valence-electron chi connectivity index (χ3n) is 2.56. The predicted octanol–water partition coefficient (Wildman–Crippen LogP) is 2.11. The molecule has 7 heteroatoms. The third-order valence-corrected chi connectivity index (χ3v) is 2.56. The monoisotopic (exact) mass is 260 g/mol. The molecule has 1 atom stereocenters. The number of ether oxygens (including phenoxy) is 1. The van der Waals surface area contributed by atoms with Gasteiger partial charge in [0.2, 0.25) is 5.82 Å². The molecule has 0 aliphatic carbocycles. The maximum absolute atomic E-state index is 10.9. The van der Waals surface area contributed by atoms with E-state index in [4.69, 9.17) is 10.5 Å². The molecule has 0 spiro atoms. The molecule has 0 fully saturated rings. The van der Waals surface area contributed by atoms with Crippen LogP contribution in [0.5, 0.6) is 5.88 Å². The van der Waals surface area contributed by atoms with Gasteiger partial charge in [0.05, 0.1) is 4.92 Å². The zero-order valence-electron chi connectivity index (χ0n) is 10.2. The highest BCUT2D eigenvalue weighted by atomic mass is 16.6. The maximum atomic E-state index is 10.9. The van der Waals surface area contributed by atoms with E-state index < -0.39 is 10.6 Å². The van der Waals surface area contributed by atoms with Crippen molar-refractivity contribution in [1.82, 2.24) is 9.97 Å². The molecule has 19 heavy (non-hydrogen) atoms. The Balaban J connectivity index is 2.29. The zero-order chi connectivity index (χ0) is 13.8. The first-order chi connectivity index (χ1) is 9.09. The van der Waals surface area contributed by atoms with Gasteiger partial charge < -0.3 is 10.5 Å². The number of hydrogen-bond acceptors (Lipinski definition) is 6. The van der Waals surface area contributed by atoms with E-state index in [0.29, 0.717) is 0 Å². The first-order valence-corrected chi connectivity index (χ1v) is 5.56. The molecule has 0 saturated carbocycles. The van der Waals surface area contributed by atoms with Gasteiger partial charge >= 0.3 is 5.69 Å². The maximum Gasteiger partial charge on any atom is 0.372 e. The molecule has 1 heterocycles. The summed E-state index contributed by atoms with van der Waals surface area (Å²) in [6, 6.07) is 9.32. The van der Waals surface area contributed by atoms with E-state index in [0.717, 1.165) is 11.9 Å². The van der Waals surface area contributed by atoms with E-state index >= 15 is 0 Å². The molecule has 2 rings (SSSR count). The summed E-state index contributed by atoms with van der Waals surface area (Å²) in [5, 5.41) is 10.9. The summed E-state index contributed by atoms with van der Waals surface area (Å²) in [5.41, 5.74) is 5.94. The first-order valence-electron chi connectivity index (χ1n) is 5.56. The number of nitrogens with two attached hydrogens (primary N) is 1. The van der Waals surface area contributed by atoms with Crippen LogP contribution < -0.4 is 10.5 Å². The minimum Gasteiger partial charge on any atom is -0.465 e. The second kappa shape index (κ2) is 5.30. The number of nitro groups is 1. The third kappa shape index (κ3) is 2.76. The molecule has 0 aliphatic heterocycles. The quantitative estimate of drug-likeness (QED) is 0.666. The van der Waals surface area contributed by atoms with Crippen LogP contribution in [0, 0.1) is 10.1 Å². The largest absolute Gasteiger partial charge is 0.465 e. The van der Waals surface area contributed by atoms with Gasteiger partial charge in [-0.05, 0) is 12.5 Å². The van der Waals surface area contributed by atoms with Crippen LogP contribution >= 0.6 is 0 Å². The van der Waals surface area contributed by atoms with Crippen molar-refractivity contribution in [3.63, 3.8) is 0 Å². The van der Waals surface area contributed by atoms with Gasteiger partial charge in [0.1, 0.15) is 12.4 Å².